The molecule has 1 atom stereocenters. The summed E-state index contributed by atoms with van der Waals surface area (Å²) < 4.78 is 28.2. The van der Waals surface area contributed by atoms with Gasteiger partial charge in [0.2, 0.25) is 10.0 Å². The Hall–Kier alpha value is -0.880. The summed E-state index contributed by atoms with van der Waals surface area (Å²) in [6.07, 6.45) is 4.45. The number of nitrogens with zero attached hydrogens (tertiary/aromatic N) is 3. The predicted octanol–water partition coefficient (Wildman–Crippen LogP) is 1.29. The van der Waals surface area contributed by atoms with Crippen LogP contribution in [0.5, 0.6) is 0 Å². The van der Waals surface area contributed by atoms with Gasteiger partial charge in [-0.05, 0) is 26.7 Å². The van der Waals surface area contributed by atoms with Gasteiger partial charge in [0.1, 0.15) is 4.90 Å². The van der Waals surface area contributed by atoms with E-state index in [0.29, 0.717) is 17.1 Å². The molecule has 0 saturated carbocycles. The van der Waals surface area contributed by atoms with Crippen molar-refractivity contribution in [2.24, 2.45) is 7.05 Å². The third kappa shape index (κ3) is 2.11. The van der Waals surface area contributed by atoms with Crippen LogP contribution in [-0.4, -0.2) is 35.1 Å². The molecule has 0 radical (unpaired) electrons. The van der Waals surface area contributed by atoms with Gasteiger partial charge in [-0.3, -0.25) is 4.68 Å². The lowest BCUT2D eigenvalue weighted by molar-refractivity contribution is 0.268. The molecular formula is C11H19N3O2S. The van der Waals surface area contributed by atoms with Crippen LogP contribution in [-0.2, 0) is 17.1 Å². The van der Waals surface area contributed by atoms with Crippen LogP contribution in [0.1, 0.15) is 31.9 Å². The van der Waals surface area contributed by atoms with Crippen molar-refractivity contribution < 1.29 is 8.42 Å². The van der Waals surface area contributed by atoms with Crippen molar-refractivity contribution in [3.63, 3.8) is 0 Å². The van der Waals surface area contributed by atoms with Gasteiger partial charge in [-0.15, -0.1) is 0 Å². The van der Waals surface area contributed by atoms with Crippen LogP contribution < -0.4 is 0 Å². The Morgan fingerprint density at radius 1 is 1.41 bits per heavy atom. The van der Waals surface area contributed by atoms with Crippen LogP contribution in [0.2, 0.25) is 0 Å². The second-order valence-corrected chi connectivity index (χ2v) is 6.54. The molecule has 0 spiro atoms. The molecule has 2 heterocycles. The molecule has 0 N–H and O–H groups in total. The third-order valence-corrected chi connectivity index (χ3v) is 5.64. The Morgan fingerprint density at radius 2 is 2.12 bits per heavy atom. The summed E-state index contributed by atoms with van der Waals surface area (Å²) in [5.41, 5.74) is 0.697. The summed E-state index contributed by atoms with van der Waals surface area (Å²) in [4.78, 5) is 0.341. The minimum atomic E-state index is -3.37. The second-order valence-electron chi connectivity index (χ2n) is 4.68. The van der Waals surface area contributed by atoms with Crippen LogP contribution in [0.25, 0.3) is 0 Å². The van der Waals surface area contributed by atoms with E-state index >= 15 is 0 Å². The summed E-state index contributed by atoms with van der Waals surface area (Å²) in [7, 11) is -1.61. The Balaban J connectivity index is 2.39. The van der Waals surface area contributed by atoms with Gasteiger partial charge in [-0.2, -0.15) is 9.40 Å². The molecule has 0 bridgehead atoms. The summed E-state index contributed by atoms with van der Waals surface area (Å²) in [6.45, 7) is 4.38. The Kier molecular flexibility index (Phi) is 3.27. The first-order valence-corrected chi connectivity index (χ1v) is 7.39. The number of aromatic nitrogens is 2. The van der Waals surface area contributed by atoms with Crippen molar-refractivity contribution in [2.75, 3.05) is 6.54 Å². The zero-order valence-electron chi connectivity index (χ0n) is 10.5. The normalized spacial score (nSPS) is 22.9. The highest BCUT2D eigenvalue weighted by atomic mass is 32.2. The van der Waals surface area contributed by atoms with Crippen LogP contribution in [0, 0.1) is 6.92 Å². The first kappa shape index (κ1) is 12.6. The van der Waals surface area contributed by atoms with E-state index in [9.17, 15) is 8.42 Å². The molecule has 96 valence electrons. The van der Waals surface area contributed by atoms with Crippen molar-refractivity contribution in [1.82, 2.24) is 14.1 Å². The lowest BCUT2D eigenvalue weighted by Gasteiger charge is -2.32. The fourth-order valence-corrected chi connectivity index (χ4v) is 4.17. The molecular weight excluding hydrogens is 238 g/mol. The number of rotatable bonds is 2. The van der Waals surface area contributed by atoms with Crippen molar-refractivity contribution in [2.45, 2.75) is 44.0 Å². The molecule has 6 heteroatoms. The number of sulfonamides is 1. The first-order valence-electron chi connectivity index (χ1n) is 5.95. The summed E-state index contributed by atoms with van der Waals surface area (Å²) in [5.74, 6) is 0. The molecule has 1 fully saturated rings. The minimum absolute atomic E-state index is 0.0911. The quantitative estimate of drug-likeness (QED) is 0.802. The molecule has 0 amide bonds. The Labute approximate surface area is 102 Å². The zero-order valence-corrected chi connectivity index (χ0v) is 11.4. The molecule has 1 aliphatic rings. The largest absolute Gasteiger partial charge is 0.272 e. The van der Waals surface area contributed by atoms with Gasteiger partial charge in [-0.1, -0.05) is 6.42 Å². The van der Waals surface area contributed by atoms with E-state index in [4.69, 9.17) is 0 Å². The summed E-state index contributed by atoms with van der Waals surface area (Å²) in [6, 6.07) is 0.0911. The van der Waals surface area contributed by atoms with Gasteiger partial charge in [0.05, 0.1) is 11.9 Å². The molecule has 17 heavy (non-hydrogen) atoms. The lowest BCUT2D eigenvalue weighted by Crippen LogP contribution is -2.42. The van der Waals surface area contributed by atoms with E-state index in [1.807, 2.05) is 6.92 Å². The van der Waals surface area contributed by atoms with Crippen LogP contribution in [0.4, 0.5) is 0 Å². The number of piperidine rings is 1. The Morgan fingerprint density at radius 3 is 2.65 bits per heavy atom. The fourth-order valence-electron chi connectivity index (χ4n) is 2.29. The highest BCUT2D eigenvalue weighted by Gasteiger charge is 2.33. The van der Waals surface area contributed by atoms with Crippen molar-refractivity contribution in [3.05, 3.63) is 11.9 Å². The molecule has 2 rings (SSSR count). The van der Waals surface area contributed by atoms with E-state index in [2.05, 4.69) is 5.10 Å². The highest BCUT2D eigenvalue weighted by Crippen LogP contribution is 2.26. The first-order chi connectivity index (χ1) is 7.94. The molecule has 5 nitrogen and oxygen atoms in total. The number of hydrogen-bond donors (Lipinski definition) is 0. The van der Waals surface area contributed by atoms with E-state index in [1.165, 1.54) is 6.20 Å². The average molecular weight is 257 g/mol. The van der Waals surface area contributed by atoms with Gasteiger partial charge >= 0.3 is 0 Å². The van der Waals surface area contributed by atoms with Crippen molar-refractivity contribution in [1.29, 1.82) is 0 Å². The van der Waals surface area contributed by atoms with Gasteiger partial charge in [0.15, 0.2) is 0 Å². The fraction of sp³-hybridized carbons (Fsp3) is 0.727. The smallest absolute Gasteiger partial charge is 0.246 e. The number of aryl methyl sites for hydroxylation is 1. The van der Waals surface area contributed by atoms with Gasteiger partial charge < -0.3 is 0 Å². The van der Waals surface area contributed by atoms with Crippen LogP contribution in [0.3, 0.4) is 0 Å². The van der Waals surface area contributed by atoms with Crippen LogP contribution in [0.15, 0.2) is 11.1 Å². The summed E-state index contributed by atoms with van der Waals surface area (Å²) in [5, 5.41) is 4.01. The molecule has 1 aromatic rings. The van der Waals surface area contributed by atoms with Gasteiger partial charge in [0, 0.05) is 19.6 Å². The second kappa shape index (κ2) is 4.42. The minimum Gasteiger partial charge on any atom is -0.272 e. The van der Waals surface area contributed by atoms with Crippen LogP contribution >= 0.6 is 0 Å². The van der Waals surface area contributed by atoms with E-state index in [0.717, 1.165) is 19.3 Å². The maximum atomic E-state index is 12.5. The molecule has 1 aliphatic heterocycles. The van der Waals surface area contributed by atoms with E-state index < -0.39 is 10.0 Å². The lowest BCUT2D eigenvalue weighted by atomic mass is 10.1. The highest BCUT2D eigenvalue weighted by molar-refractivity contribution is 7.89. The third-order valence-electron chi connectivity index (χ3n) is 3.52. The molecule has 1 saturated heterocycles. The number of hydrogen-bond acceptors (Lipinski definition) is 3. The van der Waals surface area contributed by atoms with E-state index in [1.54, 1.807) is 23.0 Å². The maximum absolute atomic E-state index is 12.5. The van der Waals surface area contributed by atoms with Crippen molar-refractivity contribution in [3.8, 4) is 0 Å². The predicted molar refractivity (Wildman–Crippen MR) is 65.1 cm³/mol. The zero-order chi connectivity index (χ0) is 12.6. The molecule has 1 aromatic heterocycles. The standard InChI is InChI=1S/C11H19N3O2S/c1-9-6-4-5-7-14(9)17(15,16)11-8-12-13(3)10(11)2/h8-9H,4-7H2,1-3H3. The summed E-state index contributed by atoms with van der Waals surface area (Å²) >= 11 is 0. The monoisotopic (exact) mass is 257 g/mol. The molecule has 0 aliphatic carbocycles. The Bertz CT molecular complexity index is 507. The van der Waals surface area contributed by atoms with Gasteiger partial charge in [0.25, 0.3) is 0 Å². The van der Waals surface area contributed by atoms with E-state index in [-0.39, 0.29) is 6.04 Å². The average Bonchev–Trinajstić information content (AvgIpc) is 2.60. The SMILES string of the molecule is Cc1c(S(=O)(=O)N2CCCCC2C)cnn1C. The topological polar surface area (TPSA) is 55.2 Å². The molecule has 1 unspecified atom stereocenters. The molecule has 0 aromatic carbocycles. The van der Waals surface area contributed by atoms with Gasteiger partial charge in [-0.25, -0.2) is 8.42 Å². The maximum Gasteiger partial charge on any atom is 0.246 e. The van der Waals surface area contributed by atoms with Crippen molar-refractivity contribution >= 4 is 10.0 Å².